The zero-order chi connectivity index (χ0) is 15.1. The van der Waals surface area contributed by atoms with Gasteiger partial charge in [0.2, 0.25) is 0 Å². The number of allylic oxidation sites excluding steroid dienone is 1. The van der Waals surface area contributed by atoms with Crippen molar-refractivity contribution in [2.45, 2.75) is 65.6 Å². The molecule has 1 aliphatic heterocycles. The van der Waals surface area contributed by atoms with E-state index in [2.05, 4.69) is 6.92 Å². The van der Waals surface area contributed by atoms with Gasteiger partial charge in [-0.25, -0.2) is 4.79 Å². The van der Waals surface area contributed by atoms with E-state index in [1.807, 2.05) is 34.6 Å². The summed E-state index contributed by atoms with van der Waals surface area (Å²) in [6, 6.07) is 0. The molecule has 2 rings (SSSR count). The Kier molecular flexibility index (Phi) is 4.04. The van der Waals surface area contributed by atoms with E-state index >= 15 is 0 Å². The molecule has 5 heteroatoms. The van der Waals surface area contributed by atoms with Gasteiger partial charge < -0.3 is 14.0 Å². The van der Waals surface area contributed by atoms with Crippen LogP contribution in [-0.2, 0) is 18.8 Å². The molecule has 112 valence electrons. The van der Waals surface area contributed by atoms with Gasteiger partial charge in [0.05, 0.1) is 17.8 Å². The first kappa shape index (κ1) is 15.6. The lowest BCUT2D eigenvalue weighted by atomic mass is 9.75. The fourth-order valence-electron chi connectivity index (χ4n) is 2.74. The quantitative estimate of drug-likeness (QED) is 0.589. The van der Waals surface area contributed by atoms with Crippen molar-refractivity contribution < 1.29 is 18.8 Å². The van der Waals surface area contributed by atoms with Crippen LogP contribution in [0.4, 0.5) is 0 Å². The molecular formula is C15H25BO4. The second-order valence-corrected chi connectivity index (χ2v) is 6.69. The number of hydrogen-bond acceptors (Lipinski definition) is 4. The summed E-state index contributed by atoms with van der Waals surface area (Å²) >= 11 is 0. The smallest absolute Gasteiger partial charge is 0.463 e. The van der Waals surface area contributed by atoms with Gasteiger partial charge >= 0.3 is 13.1 Å². The van der Waals surface area contributed by atoms with Crippen LogP contribution in [0.5, 0.6) is 0 Å². The van der Waals surface area contributed by atoms with E-state index in [0.29, 0.717) is 6.61 Å². The number of carbonyl (C=O) groups excluding carboxylic acids is 1. The van der Waals surface area contributed by atoms with Gasteiger partial charge in [0, 0.05) is 5.57 Å². The second-order valence-electron chi connectivity index (χ2n) is 6.69. The predicted octanol–water partition coefficient (Wildman–Crippen LogP) is 2.91. The SMILES string of the molecule is CCOC(=O)C1=C(B2OC(C)(C)C(C)(C)O2)CC[C@H]1C. The number of ether oxygens (including phenoxy) is 1. The molecule has 1 atom stereocenters. The van der Waals surface area contributed by atoms with Gasteiger partial charge in [0.1, 0.15) is 0 Å². The van der Waals surface area contributed by atoms with Crippen molar-refractivity contribution >= 4 is 13.1 Å². The average Bonchev–Trinajstić information content (AvgIpc) is 2.78. The van der Waals surface area contributed by atoms with E-state index in [4.69, 9.17) is 14.0 Å². The van der Waals surface area contributed by atoms with Crippen LogP contribution in [0.1, 0.15) is 54.4 Å². The molecule has 0 bridgehead atoms. The minimum absolute atomic E-state index is 0.211. The van der Waals surface area contributed by atoms with Gasteiger partial charge in [0.25, 0.3) is 0 Å². The first-order valence-electron chi connectivity index (χ1n) is 7.45. The molecule has 1 heterocycles. The van der Waals surface area contributed by atoms with Crippen LogP contribution in [0.25, 0.3) is 0 Å². The van der Waals surface area contributed by atoms with Crippen LogP contribution in [0.15, 0.2) is 11.0 Å². The minimum Gasteiger partial charge on any atom is -0.463 e. The Bertz CT molecular complexity index is 423. The van der Waals surface area contributed by atoms with Gasteiger partial charge in [-0.05, 0) is 58.9 Å². The van der Waals surface area contributed by atoms with Gasteiger partial charge in [-0.1, -0.05) is 6.92 Å². The second kappa shape index (κ2) is 5.19. The molecule has 0 unspecified atom stereocenters. The highest BCUT2D eigenvalue weighted by atomic mass is 16.7. The minimum atomic E-state index is -0.427. The monoisotopic (exact) mass is 280 g/mol. The van der Waals surface area contributed by atoms with Crippen LogP contribution >= 0.6 is 0 Å². The Balaban J connectivity index is 2.29. The van der Waals surface area contributed by atoms with E-state index in [9.17, 15) is 4.79 Å². The Morgan fingerprint density at radius 2 is 1.85 bits per heavy atom. The van der Waals surface area contributed by atoms with Crippen LogP contribution in [0, 0.1) is 5.92 Å². The standard InChI is InChI=1S/C15H25BO4/c1-7-18-13(17)12-10(2)8-9-11(12)16-19-14(3,4)15(5,6)20-16/h10H,7-9H2,1-6H3/t10-/m1/s1. The molecule has 0 N–H and O–H groups in total. The lowest BCUT2D eigenvalue weighted by Gasteiger charge is -2.32. The van der Waals surface area contributed by atoms with Gasteiger partial charge in [0.15, 0.2) is 0 Å². The summed E-state index contributed by atoms with van der Waals surface area (Å²) in [7, 11) is -0.427. The number of carbonyl (C=O) groups is 1. The summed E-state index contributed by atoms with van der Waals surface area (Å²) in [6.45, 7) is 12.4. The molecule has 0 saturated carbocycles. The molecular weight excluding hydrogens is 255 g/mol. The Morgan fingerprint density at radius 1 is 1.30 bits per heavy atom. The van der Waals surface area contributed by atoms with Gasteiger partial charge in [-0.15, -0.1) is 0 Å². The molecule has 0 aromatic rings. The molecule has 0 aromatic carbocycles. The largest absolute Gasteiger partial charge is 0.491 e. The summed E-state index contributed by atoms with van der Waals surface area (Å²) in [6.07, 6.45) is 1.79. The summed E-state index contributed by atoms with van der Waals surface area (Å²) in [5.74, 6) is -0.00899. The summed E-state index contributed by atoms with van der Waals surface area (Å²) < 4.78 is 17.3. The van der Waals surface area contributed by atoms with Crippen molar-refractivity contribution in [1.82, 2.24) is 0 Å². The van der Waals surface area contributed by atoms with Crippen molar-refractivity contribution in [3.63, 3.8) is 0 Å². The molecule has 1 aliphatic carbocycles. The van der Waals surface area contributed by atoms with Crippen molar-refractivity contribution in [3.8, 4) is 0 Å². The normalized spacial score (nSPS) is 28.1. The fraction of sp³-hybridized carbons (Fsp3) is 0.800. The van der Waals surface area contributed by atoms with E-state index < -0.39 is 7.12 Å². The highest BCUT2D eigenvalue weighted by Gasteiger charge is 2.54. The van der Waals surface area contributed by atoms with Crippen molar-refractivity contribution in [2.75, 3.05) is 6.61 Å². The predicted molar refractivity (Wildman–Crippen MR) is 78.1 cm³/mol. The summed E-state index contributed by atoms with van der Waals surface area (Å²) in [5.41, 5.74) is 0.965. The molecule has 0 radical (unpaired) electrons. The molecule has 0 aromatic heterocycles. The lowest BCUT2D eigenvalue weighted by molar-refractivity contribution is -0.139. The Hall–Kier alpha value is -0.805. The molecule has 1 fully saturated rings. The first-order valence-corrected chi connectivity index (χ1v) is 7.45. The number of esters is 1. The third-order valence-electron chi connectivity index (χ3n) is 4.72. The van der Waals surface area contributed by atoms with E-state index in [1.165, 1.54) is 0 Å². The van der Waals surface area contributed by atoms with Crippen LogP contribution in [0.3, 0.4) is 0 Å². The van der Waals surface area contributed by atoms with E-state index in [0.717, 1.165) is 23.9 Å². The number of hydrogen-bond donors (Lipinski definition) is 0. The Labute approximate surface area is 122 Å². The van der Waals surface area contributed by atoms with Gasteiger partial charge in [-0.3, -0.25) is 0 Å². The maximum absolute atomic E-state index is 12.2. The fourth-order valence-corrected chi connectivity index (χ4v) is 2.74. The maximum Gasteiger partial charge on any atom is 0.491 e. The molecule has 1 saturated heterocycles. The zero-order valence-electron chi connectivity index (χ0n) is 13.4. The van der Waals surface area contributed by atoms with E-state index in [1.54, 1.807) is 0 Å². The third-order valence-corrected chi connectivity index (χ3v) is 4.72. The Morgan fingerprint density at radius 3 is 2.35 bits per heavy atom. The highest BCUT2D eigenvalue weighted by molar-refractivity contribution is 6.55. The van der Waals surface area contributed by atoms with E-state index in [-0.39, 0.29) is 23.1 Å². The third kappa shape index (κ3) is 2.53. The number of rotatable bonds is 3. The molecule has 2 aliphatic rings. The zero-order valence-corrected chi connectivity index (χ0v) is 13.4. The molecule has 4 nitrogen and oxygen atoms in total. The topological polar surface area (TPSA) is 44.8 Å². The van der Waals surface area contributed by atoms with Gasteiger partial charge in [-0.2, -0.15) is 0 Å². The first-order chi connectivity index (χ1) is 9.19. The van der Waals surface area contributed by atoms with Crippen LogP contribution < -0.4 is 0 Å². The lowest BCUT2D eigenvalue weighted by Crippen LogP contribution is -2.41. The maximum atomic E-state index is 12.2. The van der Waals surface area contributed by atoms with Crippen LogP contribution in [-0.4, -0.2) is 30.9 Å². The summed E-state index contributed by atoms with van der Waals surface area (Å²) in [4.78, 5) is 12.2. The highest BCUT2D eigenvalue weighted by Crippen LogP contribution is 2.43. The summed E-state index contributed by atoms with van der Waals surface area (Å²) in [5, 5.41) is 0. The average molecular weight is 280 g/mol. The molecule has 0 amide bonds. The van der Waals surface area contributed by atoms with Crippen LogP contribution in [0.2, 0.25) is 0 Å². The molecule has 0 spiro atoms. The van der Waals surface area contributed by atoms with Crippen molar-refractivity contribution in [3.05, 3.63) is 11.0 Å². The van der Waals surface area contributed by atoms with Crippen molar-refractivity contribution in [1.29, 1.82) is 0 Å². The van der Waals surface area contributed by atoms with Crippen molar-refractivity contribution in [2.24, 2.45) is 5.92 Å². The molecule has 20 heavy (non-hydrogen) atoms.